The number of nitrogens with one attached hydrogen (secondary N) is 1. The van der Waals surface area contributed by atoms with Crippen molar-refractivity contribution in [2.24, 2.45) is 5.73 Å². The summed E-state index contributed by atoms with van der Waals surface area (Å²) in [7, 11) is 1.36. The molecule has 1 aliphatic rings. The molecule has 0 radical (unpaired) electrons. The Morgan fingerprint density at radius 2 is 2.24 bits per heavy atom. The molecule has 2 unspecified atom stereocenters. The number of ether oxygens (including phenoxy) is 1. The summed E-state index contributed by atoms with van der Waals surface area (Å²) < 4.78 is 4.98. The molecule has 1 aliphatic heterocycles. The van der Waals surface area contributed by atoms with Crippen molar-refractivity contribution in [2.75, 3.05) is 12.4 Å². The highest BCUT2D eigenvalue weighted by atomic mass is 32.2. The number of methoxy groups -OCH3 is 1. The molecule has 3 N–H and O–H groups in total. The largest absolute Gasteiger partial charge is 0.370 e. The van der Waals surface area contributed by atoms with Crippen molar-refractivity contribution in [2.45, 2.75) is 16.2 Å². The van der Waals surface area contributed by atoms with Gasteiger partial charge in [-0.1, -0.05) is 12.1 Å². The van der Waals surface area contributed by atoms with Crippen LogP contribution in [0, 0.1) is 0 Å². The van der Waals surface area contributed by atoms with E-state index in [0.29, 0.717) is 0 Å². The molecule has 0 saturated heterocycles. The Labute approximate surface area is 103 Å². The second-order valence-corrected chi connectivity index (χ2v) is 4.77. The molecule has 2 atom stereocenters. The van der Waals surface area contributed by atoms with Gasteiger partial charge in [0.25, 0.3) is 0 Å². The van der Waals surface area contributed by atoms with E-state index in [9.17, 15) is 9.59 Å². The van der Waals surface area contributed by atoms with Gasteiger partial charge in [0.1, 0.15) is 5.25 Å². The molecule has 5 nitrogen and oxygen atoms in total. The molecule has 0 aromatic heterocycles. The summed E-state index contributed by atoms with van der Waals surface area (Å²) in [6.45, 7) is 0. The lowest BCUT2D eigenvalue weighted by Gasteiger charge is -2.27. The molecule has 0 spiro atoms. The van der Waals surface area contributed by atoms with Gasteiger partial charge in [0.2, 0.25) is 11.8 Å². The van der Waals surface area contributed by atoms with Gasteiger partial charge >= 0.3 is 0 Å². The minimum absolute atomic E-state index is 0.264. The van der Waals surface area contributed by atoms with Gasteiger partial charge in [0.05, 0.1) is 5.69 Å². The summed E-state index contributed by atoms with van der Waals surface area (Å²) in [4.78, 5) is 23.9. The van der Waals surface area contributed by atoms with Gasteiger partial charge < -0.3 is 15.8 Å². The minimum Gasteiger partial charge on any atom is -0.370 e. The first-order valence-corrected chi connectivity index (χ1v) is 5.90. The zero-order chi connectivity index (χ0) is 12.4. The summed E-state index contributed by atoms with van der Waals surface area (Å²) >= 11 is 1.29. The van der Waals surface area contributed by atoms with Crippen LogP contribution in [-0.4, -0.2) is 30.3 Å². The van der Waals surface area contributed by atoms with E-state index in [1.54, 1.807) is 0 Å². The molecule has 17 heavy (non-hydrogen) atoms. The first kappa shape index (κ1) is 11.9. The first-order valence-electron chi connectivity index (χ1n) is 5.02. The highest BCUT2D eigenvalue weighted by Gasteiger charge is 2.37. The Kier molecular flexibility index (Phi) is 3.35. The maximum absolute atomic E-state index is 11.8. The lowest BCUT2D eigenvalue weighted by atomic mass is 10.2. The Hall–Kier alpha value is -1.53. The van der Waals surface area contributed by atoms with Crippen LogP contribution in [0.4, 0.5) is 5.69 Å². The third-order valence-corrected chi connectivity index (χ3v) is 3.79. The average Bonchev–Trinajstić information content (AvgIpc) is 2.30. The normalized spacial score (nSPS) is 20.3. The van der Waals surface area contributed by atoms with Gasteiger partial charge in [-0.25, -0.2) is 0 Å². The van der Waals surface area contributed by atoms with Gasteiger partial charge in [0.15, 0.2) is 6.10 Å². The van der Waals surface area contributed by atoms with E-state index in [0.717, 1.165) is 10.6 Å². The smallest absolute Gasteiger partial charge is 0.248 e. The van der Waals surface area contributed by atoms with E-state index in [-0.39, 0.29) is 5.91 Å². The van der Waals surface area contributed by atoms with Crippen LogP contribution in [0.1, 0.15) is 0 Å². The number of fused-ring (bicyclic) bond motifs is 1. The zero-order valence-corrected chi connectivity index (χ0v) is 9.99. The SMILES string of the molecule is COC(C(N)=O)C1Sc2ccccc2NC1=O. The third-order valence-electron chi connectivity index (χ3n) is 2.47. The molecule has 1 aromatic carbocycles. The van der Waals surface area contributed by atoms with Crippen molar-refractivity contribution in [3.63, 3.8) is 0 Å². The van der Waals surface area contributed by atoms with Crippen molar-refractivity contribution in [1.82, 2.24) is 0 Å². The zero-order valence-electron chi connectivity index (χ0n) is 9.17. The van der Waals surface area contributed by atoms with Crippen molar-refractivity contribution in [3.05, 3.63) is 24.3 Å². The van der Waals surface area contributed by atoms with Crippen LogP contribution in [0.2, 0.25) is 0 Å². The van der Waals surface area contributed by atoms with Crippen LogP contribution in [0.25, 0.3) is 0 Å². The number of thioether (sulfide) groups is 1. The number of carbonyl (C=O) groups excluding carboxylic acids is 2. The number of rotatable bonds is 3. The molecule has 6 heteroatoms. The van der Waals surface area contributed by atoms with Crippen molar-refractivity contribution in [3.8, 4) is 0 Å². The van der Waals surface area contributed by atoms with Gasteiger partial charge in [-0.3, -0.25) is 9.59 Å². The number of primary amides is 1. The van der Waals surface area contributed by atoms with Crippen LogP contribution in [0.3, 0.4) is 0 Å². The minimum atomic E-state index is -0.923. The molecule has 0 saturated carbocycles. The second kappa shape index (κ2) is 4.77. The lowest BCUT2D eigenvalue weighted by molar-refractivity contribution is -0.131. The Morgan fingerprint density at radius 1 is 1.53 bits per heavy atom. The number of amides is 2. The van der Waals surface area contributed by atoms with Crippen molar-refractivity contribution >= 4 is 29.3 Å². The summed E-state index contributed by atoms with van der Waals surface area (Å²) in [5.74, 6) is -0.904. The summed E-state index contributed by atoms with van der Waals surface area (Å²) in [5.41, 5.74) is 5.95. The van der Waals surface area contributed by atoms with Crippen molar-refractivity contribution in [1.29, 1.82) is 0 Å². The van der Waals surface area contributed by atoms with Gasteiger partial charge in [-0.2, -0.15) is 0 Å². The highest BCUT2D eigenvalue weighted by molar-refractivity contribution is 8.01. The molecule has 0 fully saturated rings. The summed E-state index contributed by atoms with van der Waals surface area (Å²) in [5, 5.41) is 2.09. The van der Waals surface area contributed by atoms with Gasteiger partial charge in [-0.15, -0.1) is 11.8 Å². The molecular formula is C11H12N2O3S. The number of nitrogens with two attached hydrogens (primary N) is 1. The maximum Gasteiger partial charge on any atom is 0.248 e. The van der Waals surface area contributed by atoms with E-state index in [4.69, 9.17) is 10.5 Å². The van der Waals surface area contributed by atoms with E-state index in [1.807, 2.05) is 24.3 Å². The Balaban J connectivity index is 2.28. The van der Waals surface area contributed by atoms with Crippen molar-refractivity contribution < 1.29 is 14.3 Å². The fraction of sp³-hybridized carbons (Fsp3) is 0.273. The Bertz CT molecular complexity index is 464. The highest BCUT2D eigenvalue weighted by Crippen LogP contribution is 2.37. The van der Waals surface area contributed by atoms with E-state index >= 15 is 0 Å². The van der Waals surface area contributed by atoms with Gasteiger partial charge in [0, 0.05) is 12.0 Å². The summed E-state index contributed by atoms with van der Waals surface area (Å²) in [6, 6.07) is 7.39. The first-order chi connectivity index (χ1) is 8.13. The molecule has 0 bridgehead atoms. The number of anilines is 1. The number of hydrogen-bond acceptors (Lipinski definition) is 4. The molecule has 90 valence electrons. The fourth-order valence-corrected chi connectivity index (χ4v) is 2.87. The van der Waals surface area contributed by atoms with Crippen LogP contribution in [0.15, 0.2) is 29.2 Å². The quantitative estimate of drug-likeness (QED) is 0.825. The topological polar surface area (TPSA) is 81.4 Å². The maximum atomic E-state index is 11.8. The van der Waals surface area contributed by atoms with E-state index in [2.05, 4.69) is 5.32 Å². The molecular weight excluding hydrogens is 240 g/mol. The lowest BCUT2D eigenvalue weighted by Crippen LogP contribution is -2.46. The summed E-state index contributed by atoms with van der Waals surface area (Å²) in [6.07, 6.45) is -0.923. The van der Waals surface area contributed by atoms with Gasteiger partial charge in [-0.05, 0) is 12.1 Å². The molecule has 1 heterocycles. The molecule has 2 amide bonds. The van der Waals surface area contributed by atoms with E-state index < -0.39 is 17.3 Å². The molecule has 0 aliphatic carbocycles. The number of para-hydroxylation sites is 1. The van der Waals surface area contributed by atoms with Crippen LogP contribution < -0.4 is 11.1 Å². The third kappa shape index (κ3) is 2.27. The second-order valence-electron chi connectivity index (χ2n) is 3.58. The van der Waals surface area contributed by atoms with Crippen LogP contribution in [-0.2, 0) is 14.3 Å². The predicted octanol–water partition coefficient (Wildman–Crippen LogP) is 0.600. The fourth-order valence-electron chi connectivity index (χ4n) is 1.66. The number of carbonyl (C=O) groups is 2. The predicted molar refractivity (Wildman–Crippen MR) is 64.7 cm³/mol. The van der Waals surface area contributed by atoms with E-state index in [1.165, 1.54) is 18.9 Å². The standard InChI is InChI=1S/C11H12N2O3S/c1-16-8(10(12)14)9-11(15)13-6-4-2-3-5-7(6)17-9/h2-5,8-9H,1H3,(H2,12,14)(H,13,15). The van der Waals surface area contributed by atoms with Crippen LogP contribution in [0.5, 0.6) is 0 Å². The Morgan fingerprint density at radius 3 is 2.88 bits per heavy atom. The van der Waals surface area contributed by atoms with Crippen LogP contribution >= 0.6 is 11.8 Å². The average molecular weight is 252 g/mol. The number of hydrogen-bond donors (Lipinski definition) is 2. The molecule has 1 aromatic rings. The molecule has 2 rings (SSSR count). The monoisotopic (exact) mass is 252 g/mol. The number of benzene rings is 1.